The largest absolute Gasteiger partial charge is 0.478 e. The summed E-state index contributed by atoms with van der Waals surface area (Å²) in [6, 6.07) is 1.73. The van der Waals surface area contributed by atoms with Gasteiger partial charge in [-0.05, 0) is 23.1 Å². The first-order chi connectivity index (χ1) is 9.49. The fraction of sp³-hybridized carbons (Fsp3) is 0.0909. The van der Waals surface area contributed by atoms with Crippen LogP contribution in [0.25, 0.3) is 6.08 Å². The summed E-state index contributed by atoms with van der Waals surface area (Å²) in [4.78, 5) is 11.3. The van der Waals surface area contributed by atoms with Gasteiger partial charge in [-0.2, -0.15) is 5.10 Å². The van der Waals surface area contributed by atoms with Crippen LogP contribution in [0, 0.1) is 0 Å². The molecule has 0 unspecified atom stereocenters. The van der Waals surface area contributed by atoms with Gasteiger partial charge in [0.1, 0.15) is 4.90 Å². The Balaban J connectivity index is 2.09. The molecule has 0 spiro atoms. The van der Waals surface area contributed by atoms with Crippen LogP contribution in [0.15, 0.2) is 34.8 Å². The SMILES string of the molecule is O=C(O)/C=C/c1ccsc1CNS(=O)(=O)c1cn[nH]c1. The number of carboxylic acid groups (broad SMARTS) is 1. The van der Waals surface area contributed by atoms with Crippen LogP contribution in [0.4, 0.5) is 0 Å². The Bertz CT molecular complexity index is 717. The molecule has 0 aliphatic heterocycles. The average molecular weight is 313 g/mol. The number of H-pyrrole nitrogens is 1. The highest BCUT2D eigenvalue weighted by Crippen LogP contribution is 2.19. The molecule has 0 amide bonds. The molecule has 2 aromatic heterocycles. The maximum Gasteiger partial charge on any atom is 0.328 e. The van der Waals surface area contributed by atoms with Gasteiger partial charge in [0, 0.05) is 23.7 Å². The van der Waals surface area contributed by atoms with Gasteiger partial charge in [0.25, 0.3) is 0 Å². The van der Waals surface area contributed by atoms with E-state index in [1.54, 1.807) is 11.4 Å². The normalized spacial score (nSPS) is 12.0. The summed E-state index contributed by atoms with van der Waals surface area (Å²) in [5.74, 6) is -1.05. The lowest BCUT2D eigenvalue weighted by atomic mass is 10.2. The molecule has 2 heterocycles. The van der Waals surface area contributed by atoms with Crippen LogP contribution >= 0.6 is 11.3 Å². The summed E-state index contributed by atoms with van der Waals surface area (Å²) >= 11 is 1.34. The Hall–Kier alpha value is -1.97. The van der Waals surface area contributed by atoms with E-state index in [-0.39, 0.29) is 11.4 Å². The number of thiophene rings is 1. The zero-order chi connectivity index (χ0) is 14.6. The molecule has 7 nitrogen and oxygen atoms in total. The van der Waals surface area contributed by atoms with Gasteiger partial charge in [-0.3, -0.25) is 5.10 Å². The Kier molecular flexibility index (Phi) is 4.32. The molecule has 0 saturated heterocycles. The van der Waals surface area contributed by atoms with Crippen molar-refractivity contribution in [3.8, 4) is 0 Å². The first-order valence-electron chi connectivity index (χ1n) is 5.45. The van der Waals surface area contributed by atoms with Crippen LogP contribution in [0.5, 0.6) is 0 Å². The van der Waals surface area contributed by atoms with Crippen molar-refractivity contribution >= 4 is 33.4 Å². The fourth-order valence-corrected chi connectivity index (χ4v) is 3.23. The van der Waals surface area contributed by atoms with Crippen LogP contribution in [0.3, 0.4) is 0 Å². The third kappa shape index (κ3) is 3.53. The molecule has 9 heteroatoms. The lowest BCUT2D eigenvalue weighted by molar-refractivity contribution is -0.131. The average Bonchev–Trinajstić information content (AvgIpc) is 3.05. The first-order valence-corrected chi connectivity index (χ1v) is 7.81. The summed E-state index contributed by atoms with van der Waals surface area (Å²) in [5, 5.41) is 16.4. The van der Waals surface area contributed by atoms with Crippen molar-refractivity contribution in [2.45, 2.75) is 11.4 Å². The standard InChI is InChI=1S/C11H11N3O4S2/c15-11(16)2-1-8-3-4-19-10(8)7-14-20(17,18)9-5-12-13-6-9/h1-6,14H,7H2,(H,12,13)(H,15,16)/b2-1+. The summed E-state index contributed by atoms with van der Waals surface area (Å²) < 4.78 is 26.2. The minimum absolute atomic E-state index is 0.0525. The molecular weight excluding hydrogens is 302 g/mol. The molecule has 2 rings (SSSR count). The minimum atomic E-state index is -3.62. The number of nitrogens with zero attached hydrogens (tertiary/aromatic N) is 1. The molecule has 0 atom stereocenters. The van der Waals surface area contributed by atoms with E-state index in [1.165, 1.54) is 29.8 Å². The van der Waals surface area contributed by atoms with Gasteiger partial charge in [-0.15, -0.1) is 11.3 Å². The van der Waals surface area contributed by atoms with Gasteiger partial charge in [-0.25, -0.2) is 17.9 Å². The van der Waals surface area contributed by atoms with Gasteiger partial charge in [0.15, 0.2) is 0 Å². The highest BCUT2D eigenvalue weighted by Gasteiger charge is 2.15. The number of hydrogen-bond donors (Lipinski definition) is 3. The second kappa shape index (κ2) is 5.99. The number of aromatic nitrogens is 2. The van der Waals surface area contributed by atoms with Gasteiger partial charge < -0.3 is 5.11 Å². The minimum Gasteiger partial charge on any atom is -0.478 e. The van der Waals surface area contributed by atoms with Crippen LogP contribution in [0.1, 0.15) is 10.4 Å². The van der Waals surface area contributed by atoms with Crippen molar-refractivity contribution < 1.29 is 18.3 Å². The Morgan fingerprint density at radius 2 is 2.35 bits per heavy atom. The second-order valence-corrected chi connectivity index (χ2v) is 6.50. The van der Waals surface area contributed by atoms with E-state index in [9.17, 15) is 13.2 Å². The number of sulfonamides is 1. The molecular formula is C11H11N3O4S2. The molecule has 20 heavy (non-hydrogen) atoms. The predicted octanol–water partition coefficient (Wildman–Crippen LogP) is 1.05. The molecule has 0 bridgehead atoms. The highest BCUT2D eigenvalue weighted by molar-refractivity contribution is 7.89. The van der Waals surface area contributed by atoms with E-state index in [0.717, 1.165) is 11.0 Å². The molecule has 0 aromatic carbocycles. The first kappa shape index (κ1) is 14.4. The number of nitrogens with one attached hydrogen (secondary N) is 2. The molecule has 2 aromatic rings. The fourth-order valence-electron chi connectivity index (χ4n) is 1.43. The summed E-state index contributed by atoms with van der Waals surface area (Å²) in [5.41, 5.74) is 0.673. The molecule has 0 fully saturated rings. The molecule has 106 valence electrons. The zero-order valence-corrected chi connectivity index (χ0v) is 11.7. The van der Waals surface area contributed by atoms with E-state index in [4.69, 9.17) is 5.11 Å². The van der Waals surface area contributed by atoms with E-state index < -0.39 is 16.0 Å². The van der Waals surface area contributed by atoms with Crippen molar-refractivity contribution in [2.24, 2.45) is 0 Å². The molecule has 3 N–H and O–H groups in total. The van der Waals surface area contributed by atoms with Gasteiger partial charge in [0.05, 0.1) is 6.20 Å². The molecule has 0 saturated carbocycles. The van der Waals surface area contributed by atoms with Crippen LogP contribution in [-0.2, 0) is 21.4 Å². The van der Waals surface area contributed by atoms with Crippen molar-refractivity contribution in [1.82, 2.24) is 14.9 Å². The van der Waals surface area contributed by atoms with Crippen molar-refractivity contribution in [3.63, 3.8) is 0 Å². The van der Waals surface area contributed by atoms with E-state index in [2.05, 4.69) is 14.9 Å². The second-order valence-electron chi connectivity index (χ2n) is 3.73. The molecule has 0 radical (unpaired) electrons. The molecule has 0 aliphatic rings. The third-order valence-corrected chi connectivity index (χ3v) is 4.70. The topological polar surface area (TPSA) is 112 Å². The number of carbonyl (C=O) groups is 1. The predicted molar refractivity (Wildman–Crippen MR) is 73.6 cm³/mol. The van der Waals surface area contributed by atoms with Crippen LogP contribution in [-0.4, -0.2) is 29.7 Å². The Morgan fingerprint density at radius 1 is 1.55 bits per heavy atom. The van der Waals surface area contributed by atoms with Crippen molar-refractivity contribution in [2.75, 3.05) is 0 Å². The summed E-state index contributed by atoms with van der Waals surface area (Å²) in [6.07, 6.45) is 4.93. The van der Waals surface area contributed by atoms with E-state index in [0.29, 0.717) is 5.56 Å². The van der Waals surface area contributed by atoms with E-state index in [1.807, 2.05) is 0 Å². The summed E-state index contributed by atoms with van der Waals surface area (Å²) in [6.45, 7) is 0.0878. The van der Waals surface area contributed by atoms with Crippen molar-refractivity contribution in [1.29, 1.82) is 0 Å². The quantitative estimate of drug-likeness (QED) is 0.690. The zero-order valence-electron chi connectivity index (χ0n) is 10.1. The maximum absolute atomic E-state index is 11.9. The van der Waals surface area contributed by atoms with Crippen LogP contribution < -0.4 is 4.72 Å². The van der Waals surface area contributed by atoms with Gasteiger partial charge >= 0.3 is 5.97 Å². The number of aliphatic carboxylic acids is 1. The molecule has 0 aliphatic carbocycles. The van der Waals surface area contributed by atoms with Gasteiger partial charge in [0.2, 0.25) is 10.0 Å². The number of aromatic amines is 1. The summed E-state index contributed by atoms with van der Waals surface area (Å²) in [7, 11) is -3.62. The third-order valence-electron chi connectivity index (χ3n) is 2.39. The lowest BCUT2D eigenvalue weighted by Gasteiger charge is -2.04. The van der Waals surface area contributed by atoms with Crippen LogP contribution in [0.2, 0.25) is 0 Å². The Labute approximate surface area is 119 Å². The number of hydrogen-bond acceptors (Lipinski definition) is 5. The monoisotopic (exact) mass is 313 g/mol. The smallest absolute Gasteiger partial charge is 0.328 e. The number of carboxylic acids is 1. The lowest BCUT2D eigenvalue weighted by Crippen LogP contribution is -2.22. The van der Waals surface area contributed by atoms with Gasteiger partial charge in [-0.1, -0.05) is 0 Å². The Morgan fingerprint density at radius 3 is 3.00 bits per heavy atom. The van der Waals surface area contributed by atoms with Crippen molar-refractivity contribution in [3.05, 3.63) is 40.4 Å². The van der Waals surface area contributed by atoms with E-state index >= 15 is 0 Å². The maximum atomic E-state index is 11.9. The number of rotatable bonds is 6. The highest BCUT2D eigenvalue weighted by atomic mass is 32.2.